The summed E-state index contributed by atoms with van der Waals surface area (Å²) in [5, 5.41) is 23.6. The molecule has 9 nitrogen and oxygen atoms in total. The largest absolute Gasteiger partial charge is 0.466 e. The summed E-state index contributed by atoms with van der Waals surface area (Å²) >= 11 is 1.66. The summed E-state index contributed by atoms with van der Waals surface area (Å²) in [6.45, 7) is 3.94. The normalized spacial score (nSPS) is 15.1. The third kappa shape index (κ3) is 7.70. The number of aliphatic hydroxyl groups is 1. The molecule has 39 heavy (non-hydrogen) atoms. The molecule has 1 unspecified atom stereocenters. The Morgan fingerprint density at radius 2 is 1.85 bits per heavy atom. The van der Waals surface area contributed by atoms with Crippen molar-refractivity contribution in [2.24, 2.45) is 0 Å². The maximum Gasteiger partial charge on any atom is 0.336 e. The van der Waals surface area contributed by atoms with E-state index in [9.17, 15) is 19.7 Å². The first-order valence-corrected chi connectivity index (χ1v) is 13.8. The minimum absolute atomic E-state index is 0.142. The van der Waals surface area contributed by atoms with Gasteiger partial charge in [0.25, 0.3) is 5.69 Å². The van der Waals surface area contributed by atoms with E-state index in [1.807, 2.05) is 19.1 Å². The first-order chi connectivity index (χ1) is 18.8. The third-order valence-corrected chi connectivity index (χ3v) is 7.47. The summed E-state index contributed by atoms with van der Waals surface area (Å²) in [4.78, 5) is 38.3. The monoisotopic (exact) mass is 554 g/mol. The molecule has 0 fully saturated rings. The maximum absolute atomic E-state index is 13.4. The quantitative estimate of drug-likeness (QED) is 0.115. The number of non-ortho nitro benzene ring substituents is 1. The summed E-state index contributed by atoms with van der Waals surface area (Å²) in [5.41, 5.74) is 3.04. The zero-order valence-electron chi connectivity index (χ0n) is 22.4. The predicted molar refractivity (Wildman–Crippen MR) is 149 cm³/mol. The summed E-state index contributed by atoms with van der Waals surface area (Å²) in [5.74, 6) is -1.35. The number of nitrogens with zero attached hydrogens (tertiary/aromatic N) is 1. The summed E-state index contributed by atoms with van der Waals surface area (Å²) in [7, 11) is 1.25. The lowest BCUT2D eigenvalue weighted by molar-refractivity contribution is -0.384. The van der Waals surface area contributed by atoms with Gasteiger partial charge in [-0.2, -0.15) is 0 Å². The van der Waals surface area contributed by atoms with E-state index in [0.29, 0.717) is 29.8 Å². The van der Waals surface area contributed by atoms with Gasteiger partial charge in [-0.3, -0.25) is 10.1 Å². The van der Waals surface area contributed by atoms with Crippen molar-refractivity contribution in [2.75, 3.05) is 26.1 Å². The van der Waals surface area contributed by atoms with Crippen LogP contribution in [0.5, 0.6) is 0 Å². The van der Waals surface area contributed by atoms with Gasteiger partial charge in [0.2, 0.25) is 0 Å². The summed E-state index contributed by atoms with van der Waals surface area (Å²) in [6, 6.07) is 14.1. The van der Waals surface area contributed by atoms with Crippen molar-refractivity contribution < 1.29 is 29.1 Å². The Balaban J connectivity index is 1.74. The van der Waals surface area contributed by atoms with E-state index in [1.54, 1.807) is 24.8 Å². The molecule has 2 aromatic carbocycles. The number of dihydropyridines is 1. The van der Waals surface area contributed by atoms with Crippen LogP contribution in [0.2, 0.25) is 0 Å². The fourth-order valence-corrected chi connectivity index (χ4v) is 5.30. The average molecular weight is 555 g/mol. The van der Waals surface area contributed by atoms with Crippen LogP contribution in [0.15, 0.2) is 76.0 Å². The van der Waals surface area contributed by atoms with E-state index in [4.69, 9.17) is 14.6 Å². The van der Waals surface area contributed by atoms with Crippen molar-refractivity contribution in [2.45, 2.75) is 50.3 Å². The molecule has 208 valence electrons. The van der Waals surface area contributed by atoms with Gasteiger partial charge in [-0.15, -0.1) is 11.8 Å². The van der Waals surface area contributed by atoms with Gasteiger partial charge in [0.05, 0.1) is 35.7 Å². The van der Waals surface area contributed by atoms with Crippen LogP contribution in [-0.4, -0.2) is 48.0 Å². The number of allylic oxidation sites excluding steroid dienone is 2. The lowest BCUT2D eigenvalue weighted by Gasteiger charge is -2.31. The second-order valence-corrected chi connectivity index (χ2v) is 10.2. The minimum Gasteiger partial charge on any atom is -0.466 e. The Labute approximate surface area is 232 Å². The highest BCUT2D eigenvalue weighted by molar-refractivity contribution is 7.99. The first kappa shape index (κ1) is 29.9. The van der Waals surface area contributed by atoms with Crippen molar-refractivity contribution in [1.82, 2.24) is 5.32 Å². The minimum atomic E-state index is -0.875. The Morgan fingerprint density at radius 1 is 1.10 bits per heavy atom. The number of esters is 2. The number of aryl methyl sites for hydroxylation is 1. The van der Waals surface area contributed by atoms with Crippen LogP contribution in [0.4, 0.5) is 5.69 Å². The molecule has 0 saturated heterocycles. The van der Waals surface area contributed by atoms with Crippen LogP contribution in [-0.2, 0) is 25.5 Å². The zero-order chi connectivity index (χ0) is 28.4. The molecule has 10 heteroatoms. The SMILES string of the molecule is CCC1=C(C(=O)OCCCSc2ccc(CCCO)cc2)C(c2cccc([N+](=O)[O-])c2)C(C(=O)OC)=C(C)N1. The van der Waals surface area contributed by atoms with Crippen molar-refractivity contribution >= 4 is 29.4 Å². The number of hydrogen-bond donors (Lipinski definition) is 2. The van der Waals surface area contributed by atoms with Crippen LogP contribution in [0.25, 0.3) is 0 Å². The molecule has 3 rings (SSSR count). The topological polar surface area (TPSA) is 128 Å². The van der Waals surface area contributed by atoms with Crippen molar-refractivity contribution in [3.05, 3.63) is 92.3 Å². The highest BCUT2D eigenvalue weighted by Crippen LogP contribution is 2.40. The molecular weight excluding hydrogens is 520 g/mol. The number of carbonyl (C=O) groups excluding carboxylic acids is 2. The number of methoxy groups -OCH3 is 1. The van der Waals surface area contributed by atoms with Gasteiger partial charge < -0.3 is 19.9 Å². The Hall–Kier alpha value is -3.63. The van der Waals surface area contributed by atoms with E-state index >= 15 is 0 Å². The molecule has 0 saturated carbocycles. The Kier molecular flexibility index (Phi) is 11.1. The molecule has 0 amide bonds. The highest BCUT2D eigenvalue weighted by atomic mass is 32.2. The summed E-state index contributed by atoms with van der Waals surface area (Å²) < 4.78 is 10.7. The second-order valence-electron chi connectivity index (χ2n) is 9.00. The molecule has 1 atom stereocenters. The fraction of sp³-hybridized carbons (Fsp3) is 0.379. The number of thioether (sulfide) groups is 1. The number of aliphatic hydroxyl groups excluding tert-OH is 1. The molecule has 1 heterocycles. The van der Waals surface area contributed by atoms with Crippen molar-refractivity contribution in [1.29, 1.82) is 0 Å². The van der Waals surface area contributed by atoms with Gasteiger partial charge in [0.15, 0.2) is 0 Å². The maximum atomic E-state index is 13.4. The smallest absolute Gasteiger partial charge is 0.336 e. The van der Waals surface area contributed by atoms with Gasteiger partial charge in [0.1, 0.15) is 0 Å². The lowest BCUT2D eigenvalue weighted by Crippen LogP contribution is -2.33. The van der Waals surface area contributed by atoms with E-state index in [2.05, 4.69) is 17.4 Å². The number of hydrogen-bond acceptors (Lipinski definition) is 9. The number of carbonyl (C=O) groups is 2. The van der Waals surface area contributed by atoms with E-state index in [1.165, 1.54) is 30.9 Å². The number of rotatable bonds is 13. The molecule has 0 bridgehead atoms. The zero-order valence-corrected chi connectivity index (χ0v) is 23.2. The van der Waals surface area contributed by atoms with Gasteiger partial charge in [-0.1, -0.05) is 31.2 Å². The van der Waals surface area contributed by atoms with E-state index < -0.39 is 22.8 Å². The molecule has 0 aliphatic carbocycles. The van der Waals surface area contributed by atoms with Crippen LogP contribution in [0.3, 0.4) is 0 Å². The van der Waals surface area contributed by atoms with Crippen molar-refractivity contribution in [3.8, 4) is 0 Å². The first-order valence-electron chi connectivity index (χ1n) is 12.8. The van der Waals surface area contributed by atoms with Gasteiger partial charge in [0, 0.05) is 40.8 Å². The van der Waals surface area contributed by atoms with E-state index in [-0.39, 0.29) is 30.0 Å². The van der Waals surface area contributed by atoms with Gasteiger partial charge in [-0.05, 0) is 55.9 Å². The van der Waals surface area contributed by atoms with Crippen LogP contribution < -0.4 is 5.32 Å². The standard InChI is InChI=1S/C29H34N2O7S/c1-4-24-27(29(34)38-16-7-17-39-23-13-11-20(12-14-23)8-6-15-32)26(25(19(2)30-24)28(33)37-3)21-9-5-10-22(18-21)31(35)36/h5,9-14,18,26,30,32H,4,6-8,15-17H2,1-3H3. The molecule has 1 aliphatic rings. The molecule has 2 aromatic rings. The molecule has 0 aromatic heterocycles. The predicted octanol–water partition coefficient (Wildman–Crippen LogP) is 5.04. The highest BCUT2D eigenvalue weighted by Gasteiger charge is 2.38. The molecule has 2 N–H and O–H groups in total. The van der Waals surface area contributed by atoms with Crippen LogP contribution in [0.1, 0.15) is 50.2 Å². The van der Waals surface area contributed by atoms with Gasteiger partial charge >= 0.3 is 11.9 Å². The number of ether oxygens (including phenoxy) is 2. The van der Waals surface area contributed by atoms with E-state index in [0.717, 1.165) is 23.5 Å². The fourth-order valence-electron chi connectivity index (χ4n) is 4.48. The lowest BCUT2D eigenvalue weighted by atomic mass is 9.79. The van der Waals surface area contributed by atoms with Crippen LogP contribution in [0, 0.1) is 10.1 Å². The number of benzene rings is 2. The number of nitrogens with one attached hydrogen (secondary N) is 1. The molecule has 0 spiro atoms. The van der Waals surface area contributed by atoms with Gasteiger partial charge in [-0.25, -0.2) is 9.59 Å². The summed E-state index contributed by atoms with van der Waals surface area (Å²) in [6.07, 6.45) is 2.66. The molecular formula is C29H34N2O7S. The second kappa shape index (κ2) is 14.5. The molecule has 1 aliphatic heterocycles. The number of nitro benzene ring substituents is 1. The Bertz CT molecular complexity index is 1250. The Morgan fingerprint density at radius 3 is 2.49 bits per heavy atom. The van der Waals surface area contributed by atoms with Crippen molar-refractivity contribution in [3.63, 3.8) is 0 Å². The average Bonchev–Trinajstić information content (AvgIpc) is 2.95. The molecule has 0 radical (unpaired) electrons. The third-order valence-electron chi connectivity index (χ3n) is 6.38. The van der Waals surface area contributed by atoms with Crippen LogP contribution >= 0.6 is 11.8 Å². The number of nitro groups is 1.